The Bertz CT molecular complexity index is 370. The zero-order valence-electron chi connectivity index (χ0n) is 15.7. The molecule has 7 heteroatoms. The van der Waals surface area contributed by atoms with Crippen LogP contribution in [0.3, 0.4) is 0 Å². The van der Waals surface area contributed by atoms with Gasteiger partial charge in [-0.15, -0.1) is 24.0 Å². The first-order valence-electron chi connectivity index (χ1n) is 9.07. The quantitative estimate of drug-likeness (QED) is 0.193. The number of halogens is 1. The SMILES string of the molecule is CCN(CC)CCCC(C)NC(=NC)NCCNC(=O)C1CC1.I. The van der Waals surface area contributed by atoms with Gasteiger partial charge in [0, 0.05) is 32.1 Å². The van der Waals surface area contributed by atoms with E-state index in [4.69, 9.17) is 0 Å². The van der Waals surface area contributed by atoms with E-state index in [1.165, 1.54) is 6.42 Å². The third-order valence-corrected chi connectivity index (χ3v) is 4.28. The van der Waals surface area contributed by atoms with Gasteiger partial charge >= 0.3 is 0 Å². The van der Waals surface area contributed by atoms with Gasteiger partial charge in [-0.25, -0.2) is 0 Å². The summed E-state index contributed by atoms with van der Waals surface area (Å²) in [6.45, 7) is 11.3. The van der Waals surface area contributed by atoms with Crippen LogP contribution in [0.4, 0.5) is 0 Å². The standard InChI is InChI=1S/C17H35N5O.HI/c1-5-22(6-2)13-7-8-14(3)21-17(18-4)20-12-11-19-16(23)15-9-10-15;/h14-15H,5-13H2,1-4H3,(H,19,23)(H2,18,20,21);1H. The van der Waals surface area contributed by atoms with Gasteiger partial charge in [0.05, 0.1) is 0 Å². The molecule has 1 aliphatic rings. The Morgan fingerprint density at radius 3 is 2.38 bits per heavy atom. The van der Waals surface area contributed by atoms with Gasteiger partial charge in [0.25, 0.3) is 0 Å². The number of carbonyl (C=O) groups is 1. The third kappa shape index (κ3) is 10.3. The number of carbonyl (C=O) groups excluding carboxylic acids is 1. The number of nitrogens with one attached hydrogen (secondary N) is 3. The van der Waals surface area contributed by atoms with Crippen LogP contribution in [-0.2, 0) is 4.79 Å². The van der Waals surface area contributed by atoms with Crippen molar-refractivity contribution in [3.63, 3.8) is 0 Å². The average Bonchev–Trinajstić information content (AvgIpc) is 3.39. The van der Waals surface area contributed by atoms with Crippen molar-refractivity contribution in [2.24, 2.45) is 10.9 Å². The molecule has 1 fully saturated rings. The second-order valence-electron chi connectivity index (χ2n) is 6.28. The van der Waals surface area contributed by atoms with Gasteiger partial charge in [-0.05, 0) is 52.2 Å². The van der Waals surface area contributed by atoms with E-state index in [9.17, 15) is 4.79 Å². The molecule has 0 radical (unpaired) electrons. The predicted octanol–water partition coefficient (Wildman–Crippen LogP) is 1.81. The van der Waals surface area contributed by atoms with Crippen LogP contribution in [0.15, 0.2) is 4.99 Å². The number of aliphatic imine (C=N–C) groups is 1. The summed E-state index contributed by atoms with van der Waals surface area (Å²) in [4.78, 5) is 18.2. The molecule has 1 rings (SSSR count). The molecule has 0 aliphatic heterocycles. The van der Waals surface area contributed by atoms with Crippen LogP contribution in [0.1, 0.15) is 46.5 Å². The molecule has 0 heterocycles. The Balaban J connectivity index is 0.00000529. The summed E-state index contributed by atoms with van der Waals surface area (Å²) in [5, 5.41) is 9.60. The van der Waals surface area contributed by atoms with Crippen LogP contribution < -0.4 is 16.0 Å². The van der Waals surface area contributed by atoms with Crippen LogP contribution >= 0.6 is 24.0 Å². The molecule has 0 aromatic rings. The number of guanidine groups is 1. The highest BCUT2D eigenvalue weighted by molar-refractivity contribution is 14.0. The zero-order valence-corrected chi connectivity index (χ0v) is 18.1. The monoisotopic (exact) mass is 453 g/mol. The summed E-state index contributed by atoms with van der Waals surface area (Å²) in [6, 6.07) is 0.387. The van der Waals surface area contributed by atoms with Crippen molar-refractivity contribution in [3.05, 3.63) is 0 Å². The van der Waals surface area contributed by atoms with E-state index < -0.39 is 0 Å². The highest BCUT2D eigenvalue weighted by Gasteiger charge is 2.28. The molecule has 0 aromatic carbocycles. The van der Waals surface area contributed by atoms with Crippen LogP contribution in [0.5, 0.6) is 0 Å². The van der Waals surface area contributed by atoms with Gasteiger partial charge in [0.1, 0.15) is 0 Å². The molecule has 6 nitrogen and oxygen atoms in total. The second kappa shape index (κ2) is 13.7. The smallest absolute Gasteiger partial charge is 0.223 e. The Morgan fingerprint density at radius 1 is 1.21 bits per heavy atom. The molecule has 0 aromatic heterocycles. The zero-order chi connectivity index (χ0) is 17.1. The number of amides is 1. The topological polar surface area (TPSA) is 68.8 Å². The van der Waals surface area contributed by atoms with E-state index >= 15 is 0 Å². The summed E-state index contributed by atoms with van der Waals surface area (Å²) < 4.78 is 0. The number of rotatable bonds is 11. The minimum atomic E-state index is 0. The van der Waals surface area contributed by atoms with Crippen molar-refractivity contribution in [3.8, 4) is 0 Å². The van der Waals surface area contributed by atoms with E-state index in [-0.39, 0.29) is 35.8 Å². The molecule has 3 N–H and O–H groups in total. The van der Waals surface area contributed by atoms with E-state index in [0.29, 0.717) is 19.1 Å². The molecule has 1 amide bonds. The van der Waals surface area contributed by atoms with Gasteiger partial charge < -0.3 is 20.9 Å². The normalized spacial score (nSPS) is 15.6. The van der Waals surface area contributed by atoms with E-state index in [1.54, 1.807) is 7.05 Å². The molecule has 0 saturated heterocycles. The second-order valence-corrected chi connectivity index (χ2v) is 6.28. The van der Waals surface area contributed by atoms with Gasteiger partial charge in [-0.2, -0.15) is 0 Å². The summed E-state index contributed by atoms with van der Waals surface area (Å²) in [6.07, 6.45) is 4.40. The highest BCUT2D eigenvalue weighted by atomic mass is 127. The summed E-state index contributed by atoms with van der Waals surface area (Å²) in [5.41, 5.74) is 0. The first-order chi connectivity index (χ1) is 11.1. The third-order valence-electron chi connectivity index (χ3n) is 4.28. The van der Waals surface area contributed by atoms with Crippen molar-refractivity contribution in [2.45, 2.75) is 52.5 Å². The van der Waals surface area contributed by atoms with Crippen LogP contribution in [0.25, 0.3) is 0 Å². The van der Waals surface area contributed by atoms with E-state index in [0.717, 1.165) is 44.9 Å². The maximum Gasteiger partial charge on any atom is 0.223 e. The lowest BCUT2D eigenvalue weighted by Gasteiger charge is -2.21. The van der Waals surface area contributed by atoms with Crippen molar-refractivity contribution in [1.29, 1.82) is 0 Å². The molecular weight excluding hydrogens is 417 g/mol. The van der Waals surface area contributed by atoms with Gasteiger partial charge in [-0.3, -0.25) is 9.79 Å². The Labute approximate surface area is 164 Å². The molecule has 1 unspecified atom stereocenters. The highest BCUT2D eigenvalue weighted by Crippen LogP contribution is 2.28. The molecule has 0 spiro atoms. The van der Waals surface area contributed by atoms with Crippen LogP contribution in [0, 0.1) is 5.92 Å². The number of nitrogens with zero attached hydrogens (tertiary/aromatic N) is 2. The molecule has 142 valence electrons. The summed E-state index contributed by atoms with van der Waals surface area (Å²) >= 11 is 0. The maximum absolute atomic E-state index is 11.5. The van der Waals surface area contributed by atoms with Crippen molar-refractivity contribution >= 4 is 35.8 Å². The largest absolute Gasteiger partial charge is 0.355 e. The Kier molecular flexibility index (Phi) is 13.4. The lowest BCUT2D eigenvalue weighted by atomic mass is 10.2. The summed E-state index contributed by atoms with van der Waals surface area (Å²) in [7, 11) is 1.78. The molecule has 1 atom stereocenters. The molecule has 1 aliphatic carbocycles. The molecule has 24 heavy (non-hydrogen) atoms. The van der Waals surface area contributed by atoms with Gasteiger partial charge in [0.2, 0.25) is 5.91 Å². The predicted molar refractivity (Wildman–Crippen MR) is 112 cm³/mol. The van der Waals surface area contributed by atoms with E-state index in [2.05, 4.69) is 46.6 Å². The summed E-state index contributed by atoms with van der Waals surface area (Å²) in [5.74, 6) is 1.28. The van der Waals surface area contributed by atoms with E-state index in [1.807, 2.05) is 0 Å². The fourth-order valence-corrected chi connectivity index (χ4v) is 2.52. The minimum absolute atomic E-state index is 0. The van der Waals surface area contributed by atoms with Gasteiger partial charge in [0.15, 0.2) is 5.96 Å². The lowest BCUT2D eigenvalue weighted by molar-refractivity contribution is -0.122. The average molecular weight is 453 g/mol. The maximum atomic E-state index is 11.5. The Hall–Kier alpha value is -0.570. The number of hydrogen-bond donors (Lipinski definition) is 3. The lowest BCUT2D eigenvalue weighted by Crippen LogP contribution is -2.45. The first kappa shape index (κ1) is 23.4. The molecule has 0 bridgehead atoms. The fourth-order valence-electron chi connectivity index (χ4n) is 2.52. The molecule has 1 saturated carbocycles. The Morgan fingerprint density at radius 2 is 1.83 bits per heavy atom. The molecular formula is C17H36IN5O. The first-order valence-corrected chi connectivity index (χ1v) is 9.07. The van der Waals surface area contributed by atoms with Crippen molar-refractivity contribution in [1.82, 2.24) is 20.9 Å². The van der Waals surface area contributed by atoms with Crippen molar-refractivity contribution < 1.29 is 4.79 Å². The fraction of sp³-hybridized carbons (Fsp3) is 0.882. The van der Waals surface area contributed by atoms with Gasteiger partial charge in [-0.1, -0.05) is 13.8 Å². The van der Waals surface area contributed by atoms with Crippen molar-refractivity contribution in [2.75, 3.05) is 39.8 Å². The van der Waals surface area contributed by atoms with Crippen LogP contribution in [-0.4, -0.2) is 62.6 Å². The van der Waals surface area contributed by atoms with Crippen LogP contribution in [0.2, 0.25) is 0 Å². The minimum Gasteiger partial charge on any atom is -0.355 e. The number of hydrogen-bond acceptors (Lipinski definition) is 3.